The van der Waals surface area contributed by atoms with Crippen LogP contribution in [-0.2, 0) is 16.9 Å². The van der Waals surface area contributed by atoms with Crippen LogP contribution in [0.15, 0.2) is 59.1 Å². The summed E-state index contributed by atoms with van der Waals surface area (Å²) in [5.41, 5.74) is 1.64. The fourth-order valence-electron chi connectivity index (χ4n) is 3.72. The maximum Gasteiger partial charge on any atom is 0.325 e. The summed E-state index contributed by atoms with van der Waals surface area (Å²) >= 11 is 0. The molecular formula is C23H24N4O3. The molecule has 7 heteroatoms. The molecule has 1 aliphatic rings. The van der Waals surface area contributed by atoms with Gasteiger partial charge in [-0.3, -0.25) is 9.69 Å². The van der Waals surface area contributed by atoms with E-state index in [9.17, 15) is 9.59 Å². The Morgan fingerprint density at radius 3 is 2.50 bits per heavy atom. The summed E-state index contributed by atoms with van der Waals surface area (Å²) in [6.45, 7) is 4.02. The van der Waals surface area contributed by atoms with Gasteiger partial charge >= 0.3 is 6.03 Å². The summed E-state index contributed by atoms with van der Waals surface area (Å²) in [6, 6.07) is 16.6. The Labute approximate surface area is 175 Å². The van der Waals surface area contributed by atoms with Gasteiger partial charge in [0.25, 0.3) is 11.8 Å². The number of nitrogens with zero attached hydrogens (tertiary/aromatic N) is 3. The van der Waals surface area contributed by atoms with Gasteiger partial charge in [-0.1, -0.05) is 73.0 Å². The molecule has 0 bridgehead atoms. The predicted molar refractivity (Wildman–Crippen MR) is 111 cm³/mol. The average Bonchev–Trinajstić information content (AvgIpc) is 3.32. The number of aromatic nitrogens is 2. The molecule has 1 aromatic heterocycles. The van der Waals surface area contributed by atoms with E-state index in [0.29, 0.717) is 12.3 Å². The first-order valence-corrected chi connectivity index (χ1v) is 10.1. The van der Waals surface area contributed by atoms with E-state index < -0.39 is 11.6 Å². The Balaban J connectivity index is 1.59. The predicted octanol–water partition coefficient (Wildman–Crippen LogP) is 4.18. The summed E-state index contributed by atoms with van der Waals surface area (Å²) in [4.78, 5) is 31.7. The molecule has 1 saturated heterocycles. The third kappa shape index (κ3) is 3.58. The van der Waals surface area contributed by atoms with E-state index in [-0.39, 0.29) is 18.3 Å². The molecular weight excluding hydrogens is 380 g/mol. The van der Waals surface area contributed by atoms with Crippen molar-refractivity contribution in [3.63, 3.8) is 0 Å². The molecule has 1 aliphatic heterocycles. The quantitative estimate of drug-likeness (QED) is 0.597. The van der Waals surface area contributed by atoms with E-state index in [1.54, 1.807) is 0 Å². The van der Waals surface area contributed by atoms with Crippen LogP contribution in [0.3, 0.4) is 0 Å². The third-order valence-corrected chi connectivity index (χ3v) is 5.41. The number of imide groups is 1. The highest BCUT2D eigenvalue weighted by atomic mass is 16.5. The van der Waals surface area contributed by atoms with Crippen LogP contribution in [0.1, 0.15) is 43.1 Å². The van der Waals surface area contributed by atoms with Gasteiger partial charge in [0.15, 0.2) is 5.82 Å². The minimum Gasteiger partial charge on any atom is -0.334 e. The number of unbranched alkanes of at least 4 members (excludes halogenated alkanes) is 1. The molecule has 1 unspecified atom stereocenters. The van der Waals surface area contributed by atoms with Crippen LogP contribution in [0.4, 0.5) is 4.79 Å². The Bertz CT molecular complexity index is 1050. The number of nitrogens with one attached hydrogen (secondary N) is 1. The first-order chi connectivity index (χ1) is 14.5. The Morgan fingerprint density at radius 1 is 1.07 bits per heavy atom. The van der Waals surface area contributed by atoms with Gasteiger partial charge in [-0.2, -0.15) is 4.98 Å². The van der Waals surface area contributed by atoms with Crippen LogP contribution in [0, 0.1) is 6.92 Å². The minimum absolute atomic E-state index is 0.0409. The van der Waals surface area contributed by atoms with Gasteiger partial charge in [0, 0.05) is 5.56 Å². The molecule has 1 atom stereocenters. The van der Waals surface area contributed by atoms with Crippen LogP contribution in [0.2, 0.25) is 0 Å². The highest BCUT2D eigenvalue weighted by molar-refractivity contribution is 6.07. The highest BCUT2D eigenvalue weighted by Crippen LogP contribution is 2.34. The van der Waals surface area contributed by atoms with Gasteiger partial charge in [-0.15, -0.1) is 0 Å². The van der Waals surface area contributed by atoms with Crippen molar-refractivity contribution in [2.45, 2.75) is 45.2 Å². The van der Waals surface area contributed by atoms with Crippen LogP contribution >= 0.6 is 0 Å². The molecule has 0 radical (unpaired) electrons. The normalized spacial score (nSPS) is 18.7. The number of hydrogen-bond donors (Lipinski definition) is 1. The van der Waals surface area contributed by atoms with Crippen molar-refractivity contribution in [1.82, 2.24) is 20.4 Å². The van der Waals surface area contributed by atoms with Gasteiger partial charge in [-0.25, -0.2) is 4.79 Å². The topological polar surface area (TPSA) is 88.3 Å². The van der Waals surface area contributed by atoms with E-state index in [1.807, 2.05) is 61.5 Å². The SMILES string of the molecule is CCCCC1(c2ccccc2)NC(=O)N(Cc2noc(-c3ccc(C)cc3)n2)C1=O. The first kappa shape index (κ1) is 19.8. The van der Waals surface area contributed by atoms with E-state index in [0.717, 1.165) is 29.5 Å². The lowest BCUT2D eigenvalue weighted by molar-refractivity contribution is -0.132. The highest BCUT2D eigenvalue weighted by Gasteiger charge is 2.52. The van der Waals surface area contributed by atoms with Crippen molar-refractivity contribution in [2.24, 2.45) is 0 Å². The number of carbonyl (C=O) groups is 2. The minimum atomic E-state index is -1.06. The zero-order chi connectivity index (χ0) is 21.1. The van der Waals surface area contributed by atoms with Crippen LogP contribution in [-0.4, -0.2) is 27.0 Å². The summed E-state index contributed by atoms with van der Waals surface area (Å²) in [5, 5.41) is 6.90. The van der Waals surface area contributed by atoms with Crippen LogP contribution < -0.4 is 5.32 Å². The van der Waals surface area contributed by atoms with Crippen molar-refractivity contribution in [3.05, 3.63) is 71.5 Å². The van der Waals surface area contributed by atoms with E-state index in [4.69, 9.17) is 4.52 Å². The number of urea groups is 1. The first-order valence-electron chi connectivity index (χ1n) is 10.1. The second-order valence-corrected chi connectivity index (χ2v) is 7.58. The number of hydrogen-bond acceptors (Lipinski definition) is 5. The summed E-state index contributed by atoms with van der Waals surface area (Å²) in [5.74, 6) is 0.361. The molecule has 1 N–H and O–H groups in total. The molecule has 1 fully saturated rings. The standard InChI is InChI=1S/C23H24N4O3/c1-3-4-14-23(18-8-6-5-7-9-18)21(28)27(22(29)25-23)15-19-24-20(30-26-19)17-12-10-16(2)11-13-17/h5-13H,3-4,14-15H2,1-2H3,(H,25,29). The van der Waals surface area contributed by atoms with Crippen LogP contribution in [0.5, 0.6) is 0 Å². The van der Waals surface area contributed by atoms with Gasteiger partial charge < -0.3 is 9.84 Å². The molecule has 7 nitrogen and oxygen atoms in total. The fraction of sp³-hybridized carbons (Fsp3) is 0.304. The molecule has 0 aliphatic carbocycles. The van der Waals surface area contributed by atoms with E-state index in [1.165, 1.54) is 4.90 Å². The van der Waals surface area contributed by atoms with Crippen molar-refractivity contribution >= 4 is 11.9 Å². The number of aryl methyl sites for hydroxylation is 1. The number of amides is 3. The maximum atomic E-state index is 13.4. The van der Waals surface area contributed by atoms with Crippen molar-refractivity contribution in [3.8, 4) is 11.5 Å². The van der Waals surface area contributed by atoms with Gasteiger partial charge in [0.2, 0.25) is 0 Å². The van der Waals surface area contributed by atoms with Crippen molar-refractivity contribution in [2.75, 3.05) is 0 Å². The van der Waals surface area contributed by atoms with Crippen molar-refractivity contribution < 1.29 is 14.1 Å². The second kappa shape index (κ2) is 8.10. The lowest BCUT2D eigenvalue weighted by Gasteiger charge is -2.27. The molecule has 3 amide bonds. The zero-order valence-electron chi connectivity index (χ0n) is 17.1. The lowest BCUT2D eigenvalue weighted by Crippen LogP contribution is -2.44. The van der Waals surface area contributed by atoms with E-state index in [2.05, 4.69) is 22.4 Å². The molecule has 2 heterocycles. The largest absolute Gasteiger partial charge is 0.334 e. The summed E-state index contributed by atoms with van der Waals surface area (Å²) in [6.07, 6.45) is 2.27. The average molecular weight is 404 g/mol. The molecule has 2 aromatic carbocycles. The maximum absolute atomic E-state index is 13.4. The fourth-order valence-corrected chi connectivity index (χ4v) is 3.72. The smallest absolute Gasteiger partial charge is 0.325 e. The molecule has 4 rings (SSSR count). The number of carbonyl (C=O) groups excluding carboxylic acids is 2. The molecule has 3 aromatic rings. The monoisotopic (exact) mass is 404 g/mol. The summed E-state index contributed by atoms with van der Waals surface area (Å²) in [7, 11) is 0. The Morgan fingerprint density at radius 2 is 1.80 bits per heavy atom. The van der Waals surface area contributed by atoms with Crippen molar-refractivity contribution in [1.29, 1.82) is 0 Å². The Kier molecular flexibility index (Phi) is 5.35. The van der Waals surface area contributed by atoms with Gasteiger partial charge in [0.05, 0.1) is 6.54 Å². The molecule has 154 valence electrons. The molecule has 0 spiro atoms. The third-order valence-electron chi connectivity index (χ3n) is 5.41. The number of benzene rings is 2. The summed E-state index contributed by atoms with van der Waals surface area (Å²) < 4.78 is 5.34. The second-order valence-electron chi connectivity index (χ2n) is 7.58. The zero-order valence-corrected chi connectivity index (χ0v) is 17.1. The number of rotatable bonds is 7. The Hall–Kier alpha value is -3.48. The van der Waals surface area contributed by atoms with Gasteiger partial charge in [-0.05, 0) is 31.0 Å². The van der Waals surface area contributed by atoms with Gasteiger partial charge in [0.1, 0.15) is 5.54 Å². The molecule has 0 saturated carbocycles. The van der Waals surface area contributed by atoms with Crippen LogP contribution in [0.25, 0.3) is 11.5 Å². The molecule has 30 heavy (non-hydrogen) atoms. The lowest BCUT2D eigenvalue weighted by atomic mass is 9.85. The van der Waals surface area contributed by atoms with E-state index >= 15 is 0 Å².